The maximum Gasteiger partial charge on any atom is 0.273 e. The second-order valence-corrected chi connectivity index (χ2v) is 11.2. The maximum atomic E-state index is 13.9. The number of aliphatic hydroxyl groups is 1. The highest BCUT2D eigenvalue weighted by Gasteiger charge is 2.31. The normalized spacial score (nSPS) is 20.1. The first kappa shape index (κ1) is 32.1. The van der Waals surface area contributed by atoms with Crippen molar-refractivity contribution in [1.82, 2.24) is 26.3 Å². The molecule has 2 bridgehead atoms. The summed E-state index contributed by atoms with van der Waals surface area (Å²) in [6.45, 7) is 1.65. The minimum Gasteiger partial charge on any atom is -0.446 e. The van der Waals surface area contributed by atoms with E-state index in [0.29, 0.717) is 24.8 Å². The van der Waals surface area contributed by atoms with Gasteiger partial charge in [0.25, 0.3) is 11.8 Å². The number of amides is 4. The van der Waals surface area contributed by atoms with E-state index in [1.165, 1.54) is 6.92 Å². The lowest BCUT2D eigenvalue weighted by molar-refractivity contribution is -0.125. The summed E-state index contributed by atoms with van der Waals surface area (Å²) in [6.07, 6.45) is 1.52. The zero-order valence-electron chi connectivity index (χ0n) is 25.4. The number of oxazole rings is 1. The standard InChI is InChI=1S/C35H37N5O6/c1-22(41)30-34(45)36-19-11-10-18-27(37-31(42)26-17-9-8-16-25(26)24-14-6-3-7-15-24)32(43)38-28(20-23-12-4-2-5-13-23)35-39-29(21-46-35)33(44)40-30/h2-9,12-17,21-22,27-28,30,41H,10-11,18-20H2,1H3,(H,36,45)(H,37,42)(H,38,43)(H,40,44)/t22-,27+,28+,30+/m1/s1. The monoisotopic (exact) mass is 623 g/mol. The Morgan fingerprint density at radius 3 is 2.37 bits per heavy atom. The Morgan fingerprint density at radius 1 is 0.935 bits per heavy atom. The zero-order valence-corrected chi connectivity index (χ0v) is 25.4. The molecule has 238 valence electrons. The quantitative estimate of drug-likeness (QED) is 0.220. The number of fused-ring (bicyclic) bond motifs is 2. The minimum absolute atomic E-state index is 0.0759. The number of hydrogen-bond acceptors (Lipinski definition) is 7. The van der Waals surface area contributed by atoms with Crippen LogP contribution in [0.15, 0.2) is 95.6 Å². The largest absolute Gasteiger partial charge is 0.446 e. The molecule has 4 amide bonds. The fourth-order valence-corrected chi connectivity index (χ4v) is 5.34. The number of nitrogens with one attached hydrogen (secondary N) is 4. The van der Waals surface area contributed by atoms with Gasteiger partial charge in [-0.3, -0.25) is 19.2 Å². The number of carbonyl (C=O) groups excluding carboxylic acids is 4. The molecule has 0 unspecified atom stereocenters. The molecule has 0 fully saturated rings. The molecule has 4 aromatic rings. The van der Waals surface area contributed by atoms with E-state index >= 15 is 0 Å². The number of aromatic nitrogens is 1. The van der Waals surface area contributed by atoms with Gasteiger partial charge < -0.3 is 30.8 Å². The molecule has 3 aromatic carbocycles. The van der Waals surface area contributed by atoms with Gasteiger partial charge in [-0.15, -0.1) is 0 Å². The third-order valence-electron chi connectivity index (χ3n) is 7.80. The molecule has 1 aromatic heterocycles. The zero-order chi connectivity index (χ0) is 32.5. The van der Waals surface area contributed by atoms with Crippen LogP contribution in [-0.4, -0.2) is 58.5 Å². The van der Waals surface area contributed by atoms with Crippen LogP contribution in [0.4, 0.5) is 0 Å². The van der Waals surface area contributed by atoms with Gasteiger partial charge in [0, 0.05) is 18.5 Å². The van der Waals surface area contributed by atoms with Gasteiger partial charge in [0.15, 0.2) is 5.69 Å². The molecule has 5 N–H and O–H groups in total. The van der Waals surface area contributed by atoms with Crippen LogP contribution < -0.4 is 21.3 Å². The van der Waals surface area contributed by atoms with Gasteiger partial charge >= 0.3 is 0 Å². The van der Waals surface area contributed by atoms with E-state index in [9.17, 15) is 24.3 Å². The van der Waals surface area contributed by atoms with Crippen molar-refractivity contribution in [2.75, 3.05) is 6.54 Å². The molecule has 0 saturated heterocycles. The molecule has 46 heavy (non-hydrogen) atoms. The molecule has 2 heterocycles. The lowest BCUT2D eigenvalue weighted by atomic mass is 9.98. The second kappa shape index (κ2) is 15.1. The summed E-state index contributed by atoms with van der Waals surface area (Å²) in [4.78, 5) is 57.8. The van der Waals surface area contributed by atoms with Crippen molar-refractivity contribution in [2.24, 2.45) is 0 Å². The second-order valence-electron chi connectivity index (χ2n) is 11.2. The van der Waals surface area contributed by atoms with Crippen molar-refractivity contribution in [1.29, 1.82) is 0 Å². The average Bonchev–Trinajstić information content (AvgIpc) is 3.57. The first-order chi connectivity index (χ1) is 22.3. The average molecular weight is 624 g/mol. The van der Waals surface area contributed by atoms with Gasteiger partial charge in [0.1, 0.15) is 24.4 Å². The number of benzene rings is 3. The molecule has 11 heteroatoms. The molecule has 0 spiro atoms. The summed E-state index contributed by atoms with van der Waals surface area (Å²) < 4.78 is 5.68. The van der Waals surface area contributed by atoms with Crippen LogP contribution in [0.3, 0.4) is 0 Å². The predicted molar refractivity (Wildman–Crippen MR) is 170 cm³/mol. The molecule has 4 atom stereocenters. The van der Waals surface area contributed by atoms with E-state index < -0.39 is 47.9 Å². The van der Waals surface area contributed by atoms with E-state index in [2.05, 4.69) is 26.3 Å². The Bertz CT molecular complexity index is 1660. The van der Waals surface area contributed by atoms with Crippen molar-refractivity contribution in [3.05, 3.63) is 114 Å². The fourth-order valence-electron chi connectivity index (χ4n) is 5.34. The van der Waals surface area contributed by atoms with Crippen molar-refractivity contribution in [3.63, 3.8) is 0 Å². The van der Waals surface area contributed by atoms with E-state index in [1.54, 1.807) is 12.1 Å². The van der Waals surface area contributed by atoms with Gasteiger partial charge in [-0.05, 0) is 48.9 Å². The number of rotatable bonds is 6. The van der Waals surface area contributed by atoms with Crippen LogP contribution >= 0.6 is 0 Å². The first-order valence-corrected chi connectivity index (χ1v) is 15.3. The fraction of sp³-hybridized carbons (Fsp3) is 0.286. The number of hydrogen-bond donors (Lipinski definition) is 5. The van der Waals surface area contributed by atoms with E-state index in [0.717, 1.165) is 23.0 Å². The molecule has 0 saturated carbocycles. The highest BCUT2D eigenvalue weighted by molar-refractivity contribution is 6.03. The van der Waals surface area contributed by atoms with Crippen molar-refractivity contribution >= 4 is 23.6 Å². The topological polar surface area (TPSA) is 163 Å². The van der Waals surface area contributed by atoms with Gasteiger partial charge in [-0.25, -0.2) is 4.98 Å². The SMILES string of the molecule is C[C@@H](O)[C@@H]1NC(=O)c2coc(n2)[C@H](Cc2ccccc2)NC(=O)[C@@H](NC(=O)c2ccccc2-c2ccccc2)CCCCNC1=O. The van der Waals surface area contributed by atoms with Crippen LogP contribution in [0.25, 0.3) is 11.1 Å². The molecular formula is C35H37N5O6. The Morgan fingerprint density at radius 2 is 1.63 bits per heavy atom. The van der Waals surface area contributed by atoms with Gasteiger partial charge in [-0.1, -0.05) is 78.9 Å². The molecule has 11 nitrogen and oxygen atoms in total. The lowest BCUT2D eigenvalue weighted by Gasteiger charge is -2.23. The summed E-state index contributed by atoms with van der Waals surface area (Å²) in [7, 11) is 0. The highest BCUT2D eigenvalue weighted by atomic mass is 16.3. The van der Waals surface area contributed by atoms with Crippen molar-refractivity contribution in [2.45, 2.75) is 56.8 Å². The molecule has 0 aliphatic carbocycles. The smallest absolute Gasteiger partial charge is 0.273 e. The summed E-state index contributed by atoms with van der Waals surface area (Å²) in [5, 5.41) is 21.4. The molecule has 0 radical (unpaired) electrons. The van der Waals surface area contributed by atoms with Gasteiger partial charge in [0.05, 0.1) is 6.10 Å². The Balaban J connectivity index is 1.45. The Labute approximate surface area is 266 Å². The molecule has 1 aliphatic heterocycles. The molecular weight excluding hydrogens is 586 g/mol. The van der Waals surface area contributed by atoms with Crippen LogP contribution in [0, 0.1) is 0 Å². The van der Waals surface area contributed by atoms with Crippen LogP contribution in [0.5, 0.6) is 0 Å². The Kier molecular flexibility index (Phi) is 10.6. The Hall–Kier alpha value is -5.29. The highest BCUT2D eigenvalue weighted by Crippen LogP contribution is 2.24. The van der Waals surface area contributed by atoms with Crippen LogP contribution in [0.1, 0.15) is 64.5 Å². The molecule has 1 aliphatic rings. The van der Waals surface area contributed by atoms with E-state index in [4.69, 9.17) is 4.42 Å². The lowest BCUT2D eigenvalue weighted by Crippen LogP contribution is -2.52. The van der Waals surface area contributed by atoms with Crippen molar-refractivity contribution in [3.8, 4) is 11.1 Å². The minimum atomic E-state index is -1.21. The third-order valence-corrected chi connectivity index (χ3v) is 7.80. The summed E-state index contributed by atoms with van der Waals surface area (Å²) in [6, 6.07) is 23.2. The summed E-state index contributed by atoms with van der Waals surface area (Å²) in [5.74, 6) is -2.04. The van der Waals surface area contributed by atoms with E-state index in [-0.39, 0.29) is 24.6 Å². The number of carbonyl (C=O) groups is 4. The third kappa shape index (κ3) is 8.05. The predicted octanol–water partition coefficient (Wildman–Crippen LogP) is 3.32. The van der Waals surface area contributed by atoms with Gasteiger partial charge in [0.2, 0.25) is 17.7 Å². The van der Waals surface area contributed by atoms with Crippen LogP contribution in [-0.2, 0) is 16.0 Å². The van der Waals surface area contributed by atoms with Crippen LogP contribution in [0.2, 0.25) is 0 Å². The maximum absolute atomic E-state index is 13.9. The van der Waals surface area contributed by atoms with E-state index in [1.807, 2.05) is 72.8 Å². The first-order valence-electron chi connectivity index (χ1n) is 15.3. The summed E-state index contributed by atoms with van der Waals surface area (Å²) >= 11 is 0. The molecule has 5 rings (SSSR count). The number of nitrogens with zero attached hydrogens (tertiary/aromatic N) is 1. The van der Waals surface area contributed by atoms with Crippen molar-refractivity contribution < 1.29 is 28.7 Å². The number of aliphatic hydroxyl groups excluding tert-OH is 1. The summed E-state index contributed by atoms with van der Waals surface area (Å²) in [5.41, 5.74) is 2.80. The van der Waals surface area contributed by atoms with Gasteiger partial charge in [-0.2, -0.15) is 0 Å².